The Morgan fingerprint density at radius 1 is 0.958 bits per heavy atom. The van der Waals surface area contributed by atoms with Crippen LogP contribution < -0.4 is 10.6 Å². The summed E-state index contributed by atoms with van der Waals surface area (Å²) in [6, 6.07) is 20.1. The Morgan fingerprint density at radius 3 is 2.42 bits per heavy atom. The number of carbonyl (C=O) groups is 1. The number of hydrogen-bond acceptors (Lipinski definition) is 3. The highest BCUT2D eigenvalue weighted by Crippen LogP contribution is 2.17. The summed E-state index contributed by atoms with van der Waals surface area (Å²) < 4.78 is 0. The van der Waals surface area contributed by atoms with Crippen LogP contribution in [0.1, 0.15) is 16.0 Å². The molecule has 1 aromatic heterocycles. The minimum absolute atomic E-state index is 0.0121. The van der Waals surface area contributed by atoms with Crippen LogP contribution in [0.4, 0.5) is 11.4 Å². The molecule has 0 fully saturated rings. The van der Waals surface area contributed by atoms with Crippen molar-refractivity contribution in [1.82, 2.24) is 0 Å². The summed E-state index contributed by atoms with van der Waals surface area (Å²) in [5.74, 6) is 0.0121. The molecule has 4 heteroatoms. The molecule has 0 spiro atoms. The van der Waals surface area contributed by atoms with Crippen molar-refractivity contribution < 1.29 is 4.79 Å². The van der Waals surface area contributed by atoms with E-state index < -0.39 is 0 Å². The van der Waals surface area contributed by atoms with Crippen molar-refractivity contribution in [3.8, 4) is 0 Å². The smallest absolute Gasteiger partial charge is 0.229 e. The van der Waals surface area contributed by atoms with Gasteiger partial charge in [-0.2, -0.15) is 0 Å². The summed E-state index contributed by atoms with van der Waals surface area (Å²) in [7, 11) is 0. The van der Waals surface area contributed by atoms with E-state index >= 15 is 0 Å². The van der Waals surface area contributed by atoms with Crippen LogP contribution >= 0.6 is 11.3 Å². The van der Waals surface area contributed by atoms with Gasteiger partial charge >= 0.3 is 0 Å². The molecule has 0 unspecified atom stereocenters. The second kappa shape index (κ2) is 7.79. The fourth-order valence-electron chi connectivity index (χ4n) is 2.45. The Morgan fingerprint density at radius 2 is 1.71 bits per heavy atom. The first kappa shape index (κ1) is 16.3. The lowest BCUT2D eigenvalue weighted by Crippen LogP contribution is -2.13. The number of anilines is 2. The molecule has 1 amide bonds. The van der Waals surface area contributed by atoms with Gasteiger partial charge in [-0.05, 0) is 53.8 Å². The lowest BCUT2D eigenvalue weighted by atomic mass is 10.1. The summed E-state index contributed by atoms with van der Waals surface area (Å²) >= 11 is 1.60. The maximum absolute atomic E-state index is 12.0. The van der Waals surface area contributed by atoms with Gasteiger partial charge in [-0.3, -0.25) is 4.79 Å². The van der Waals surface area contributed by atoms with E-state index in [1.807, 2.05) is 47.8 Å². The summed E-state index contributed by atoms with van der Waals surface area (Å²) in [6.45, 7) is 2.90. The lowest BCUT2D eigenvalue weighted by molar-refractivity contribution is -0.115. The second-order valence-electron chi connectivity index (χ2n) is 5.66. The molecular weight excluding hydrogens is 316 g/mol. The van der Waals surface area contributed by atoms with E-state index in [2.05, 4.69) is 35.8 Å². The Kier molecular flexibility index (Phi) is 5.29. The van der Waals surface area contributed by atoms with Crippen LogP contribution in [0.15, 0.2) is 66.0 Å². The highest BCUT2D eigenvalue weighted by Gasteiger charge is 2.05. The van der Waals surface area contributed by atoms with E-state index in [1.54, 1.807) is 11.3 Å². The first-order valence-electron chi connectivity index (χ1n) is 7.91. The molecule has 0 aliphatic heterocycles. The van der Waals surface area contributed by atoms with Crippen LogP contribution in [0.2, 0.25) is 0 Å². The molecular formula is C20H20N2OS. The van der Waals surface area contributed by atoms with Gasteiger partial charge in [0.2, 0.25) is 5.91 Å². The number of aryl methyl sites for hydroxylation is 1. The average Bonchev–Trinajstić information content (AvgIpc) is 3.08. The molecule has 24 heavy (non-hydrogen) atoms. The number of amides is 1. The molecule has 0 saturated heterocycles. The number of hydrogen-bond donors (Lipinski definition) is 2. The van der Waals surface area contributed by atoms with Crippen molar-refractivity contribution in [3.05, 3.63) is 82.0 Å². The SMILES string of the molecule is Cc1ccccc1CNc1ccc(NC(=O)Cc2cccs2)cc1. The predicted octanol–water partition coefficient (Wildman–Crippen LogP) is 4.85. The van der Waals surface area contributed by atoms with E-state index in [4.69, 9.17) is 0 Å². The molecule has 0 aliphatic rings. The number of benzene rings is 2. The predicted molar refractivity (Wildman–Crippen MR) is 102 cm³/mol. The summed E-state index contributed by atoms with van der Waals surface area (Å²) in [4.78, 5) is 13.1. The van der Waals surface area contributed by atoms with Crippen LogP contribution in [0.3, 0.4) is 0 Å². The zero-order valence-corrected chi connectivity index (χ0v) is 14.4. The Labute approximate surface area is 146 Å². The summed E-state index contributed by atoms with van der Waals surface area (Å²) in [6.07, 6.45) is 0.422. The van der Waals surface area contributed by atoms with Crippen molar-refractivity contribution in [2.75, 3.05) is 10.6 Å². The molecule has 2 aromatic carbocycles. The third-order valence-electron chi connectivity index (χ3n) is 3.83. The van der Waals surface area contributed by atoms with Gasteiger partial charge in [0.15, 0.2) is 0 Å². The standard InChI is InChI=1S/C20H20N2OS/c1-15-5-2-3-6-16(15)14-21-17-8-10-18(11-9-17)22-20(23)13-19-7-4-12-24-19/h2-12,21H,13-14H2,1H3,(H,22,23). The van der Waals surface area contributed by atoms with E-state index in [1.165, 1.54) is 11.1 Å². The number of thiophene rings is 1. The Hall–Kier alpha value is -2.59. The zero-order valence-electron chi connectivity index (χ0n) is 13.6. The molecule has 3 rings (SSSR count). The molecule has 0 bridgehead atoms. The molecule has 2 N–H and O–H groups in total. The monoisotopic (exact) mass is 336 g/mol. The quantitative estimate of drug-likeness (QED) is 0.675. The Bertz CT molecular complexity index is 795. The third-order valence-corrected chi connectivity index (χ3v) is 4.70. The van der Waals surface area contributed by atoms with Crippen molar-refractivity contribution in [3.63, 3.8) is 0 Å². The minimum atomic E-state index is 0.0121. The number of rotatable bonds is 6. The number of nitrogens with one attached hydrogen (secondary N) is 2. The van der Waals surface area contributed by atoms with Crippen molar-refractivity contribution in [1.29, 1.82) is 0 Å². The van der Waals surface area contributed by atoms with Crippen LogP contribution in [-0.2, 0) is 17.8 Å². The fourth-order valence-corrected chi connectivity index (χ4v) is 3.16. The van der Waals surface area contributed by atoms with Gasteiger partial charge in [0.05, 0.1) is 6.42 Å². The topological polar surface area (TPSA) is 41.1 Å². The van der Waals surface area contributed by atoms with E-state index in [9.17, 15) is 4.79 Å². The molecule has 0 aliphatic carbocycles. The Balaban J connectivity index is 1.53. The second-order valence-corrected chi connectivity index (χ2v) is 6.69. The summed E-state index contributed by atoms with van der Waals surface area (Å²) in [5, 5.41) is 8.32. The van der Waals surface area contributed by atoms with Gasteiger partial charge in [0.25, 0.3) is 0 Å². The van der Waals surface area contributed by atoms with Gasteiger partial charge in [0.1, 0.15) is 0 Å². The van der Waals surface area contributed by atoms with Crippen LogP contribution in [0.25, 0.3) is 0 Å². The molecule has 3 nitrogen and oxygen atoms in total. The molecule has 122 valence electrons. The van der Waals surface area contributed by atoms with Crippen molar-refractivity contribution in [2.45, 2.75) is 19.9 Å². The first-order chi connectivity index (χ1) is 11.7. The third kappa shape index (κ3) is 4.46. The van der Waals surface area contributed by atoms with Crippen molar-refractivity contribution in [2.24, 2.45) is 0 Å². The fraction of sp³-hybridized carbons (Fsp3) is 0.150. The lowest BCUT2D eigenvalue weighted by Gasteiger charge is -2.10. The molecule has 3 aromatic rings. The van der Waals surface area contributed by atoms with Gasteiger partial charge in [-0.1, -0.05) is 30.3 Å². The van der Waals surface area contributed by atoms with Gasteiger partial charge in [-0.15, -0.1) is 11.3 Å². The van der Waals surface area contributed by atoms with Gasteiger partial charge in [0, 0.05) is 22.8 Å². The van der Waals surface area contributed by atoms with E-state index in [-0.39, 0.29) is 5.91 Å². The molecule has 0 saturated carbocycles. The first-order valence-corrected chi connectivity index (χ1v) is 8.79. The van der Waals surface area contributed by atoms with Gasteiger partial charge in [-0.25, -0.2) is 0 Å². The van der Waals surface area contributed by atoms with Crippen LogP contribution in [0, 0.1) is 6.92 Å². The molecule has 1 heterocycles. The largest absolute Gasteiger partial charge is 0.381 e. The maximum atomic E-state index is 12.0. The zero-order chi connectivity index (χ0) is 16.8. The molecule has 0 atom stereocenters. The van der Waals surface area contributed by atoms with E-state index in [0.717, 1.165) is 22.8 Å². The van der Waals surface area contributed by atoms with E-state index in [0.29, 0.717) is 6.42 Å². The van der Waals surface area contributed by atoms with Crippen LogP contribution in [0.5, 0.6) is 0 Å². The average molecular weight is 336 g/mol. The van der Waals surface area contributed by atoms with Gasteiger partial charge < -0.3 is 10.6 Å². The minimum Gasteiger partial charge on any atom is -0.381 e. The highest BCUT2D eigenvalue weighted by atomic mass is 32.1. The highest BCUT2D eigenvalue weighted by molar-refractivity contribution is 7.10. The number of carbonyl (C=O) groups excluding carboxylic acids is 1. The summed E-state index contributed by atoms with van der Waals surface area (Å²) in [5.41, 5.74) is 4.42. The normalized spacial score (nSPS) is 10.4. The van der Waals surface area contributed by atoms with Crippen LogP contribution in [-0.4, -0.2) is 5.91 Å². The molecule has 0 radical (unpaired) electrons. The maximum Gasteiger partial charge on any atom is 0.229 e. The van der Waals surface area contributed by atoms with Crippen molar-refractivity contribution >= 4 is 28.6 Å².